The predicted octanol–water partition coefficient (Wildman–Crippen LogP) is 1.34. The zero-order chi connectivity index (χ0) is 11.3. The second-order valence-corrected chi connectivity index (χ2v) is 3.73. The van der Waals surface area contributed by atoms with Gasteiger partial charge in [-0.05, 0) is 31.4 Å². The van der Waals surface area contributed by atoms with Gasteiger partial charge >= 0.3 is 0 Å². The van der Waals surface area contributed by atoms with Crippen molar-refractivity contribution >= 4 is 18.3 Å². The fourth-order valence-corrected chi connectivity index (χ4v) is 1.54. The average Bonchev–Trinajstić information content (AvgIpc) is 2.21. The lowest BCUT2D eigenvalue weighted by Gasteiger charge is -2.07. The van der Waals surface area contributed by atoms with Gasteiger partial charge in [-0.25, -0.2) is 0 Å². The maximum atomic E-state index is 10.9. The van der Waals surface area contributed by atoms with E-state index in [1.54, 1.807) is 0 Å². The summed E-state index contributed by atoms with van der Waals surface area (Å²) in [4.78, 5) is 10.9. The summed E-state index contributed by atoms with van der Waals surface area (Å²) in [7, 11) is 0. The Labute approximate surface area is 103 Å². The van der Waals surface area contributed by atoms with Gasteiger partial charge in [-0.1, -0.05) is 23.8 Å². The van der Waals surface area contributed by atoms with E-state index in [0.29, 0.717) is 6.54 Å². The van der Waals surface area contributed by atoms with Gasteiger partial charge in [-0.2, -0.15) is 0 Å². The molecular weight excluding hydrogens is 224 g/mol. The molecule has 4 heteroatoms. The lowest BCUT2D eigenvalue weighted by atomic mass is 10.0. The standard InChI is InChI=1S/C12H18N2O.ClH/c1-9-3-4-11(10(2)7-9)5-6-14-12(15)8-13;/h3-4,7H,5-6,8,13H2,1-2H3,(H,14,15);1H. The molecule has 0 saturated carbocycles. The molecule has 3 N–H and O–H groups in total. The van der Waals surface area contributed by atoms with Crippen molar-refractivity contribution in [2.24, 2.45) is 5.73 Å². The largest absolute Gasteiger partial charge is 0.355 e. The lowest BCUT2D eigenvalue weighted by molar-refractivity contribution is -0.119. The van der Waals surface area contributed by atoms with Gasteiger partial charge in [-0.15, -0.1) is 12.4 Å². The van der Waals surface area contributed by atoms with E-state index in [4.69, 9.17) is 5.73 Å². The van der Waals surface area contributed by atoms with E-state index in [1.807, 2.05) is 0 Å². The number of nitrogens with one attached hydrogen (secondary N) is 1. The van der Waals surface area contributed by atoms with Crippen LogP contribution < -0.4 is 11.1 Å². The molecule has 0 aliphatic heterocycles. The number of rotatable bonds is 4. The van der Waals surface area contributed by atoms with Crippen LogP contribution in [0.15, 0.2) is 18.2 Å². The van der Waals surface area contributed by atoms with Crippen molar-refractivity contribution in [3.8, 4) is 0 Å². The Morgan fingerprint density at radius 1 is 1.38 bits per heavy atom. The van der Waals surface area contributed by atoms with E-state index in [1.165, 1.54) is 16.7 Å². The molecule has 0 radical (unpaired) electrons. The first kappa shape index (κ1) is 14.9. The number of hydrogen-bond acceptors (Lipinski definition) is 2. The van der Waals surface area contributed by atoms with Crippen LogP contribution in [0, 0.1) is 13.8 Å². The van der Waals surface area contributed by atoms with Gasteiger partial charge < -0.3 is 11.1 Å². The summed E-state index contributed by atoms with van der Waals surface area (Å²) >= 11 is 0. The highest BCUT2D eigenvalue weighted by Gasteiger charge is 2.00. The Morgan fingerprint density at radius 2 is 2.06 bits per heavy atom. The van der Waals surface area contributed by atoms with Gasteiger partial charge in [0.1, 0.15) is 0 Å². The van der Waals surface area contributed by atoms with Crippen LogP contribution in [0.3, 0.4) is 0 Å². The molecule has 1 aromatic rings. The van der Waals surface area contributed by atoms with Gasteiger partial charge in [0.15, 0.2) is 0 Å². The van der Waals surface area contributed by atoms with Gasteiger partial charge in [0.2, 0.25) is 5.91 Å². The normalized spacial score (nSPS) is 9.44. The molecule has 0 heterocycles. The number of halogens is 1. The van der Waals surface area contributed by atoms with Crippen LogP contribution in [-0.4, -0.2) is 19.0 Å². The molecule has 0 saturated heterocycles. The monoisotopic (exact) mass is 242 g/mol. The number of hydrogen-bond donors (Lipinski definition) is 2. The van der Waals surface area contributed by atoms with Crippen molar-refractivity contribution in [3.63, 3.8) is 0 Å². The summed E-state index contributed by atoms with van der Waals surface area (Å²) < 4.78 is 0. The van der Waals surface area contributed by atoms with E-state index < -0.39 is 0 Å². The third-order valence-electron chi connectivity index (χ3n) is 2.40. The van der Waals surface area contributed by atoms with Crippen LogP contribution in [0.4, 0.5) is 0 Å². The number of carbonyl (C=O) groups excluding carboxylic acids is 1. The molecular formula is C12H19ClN2O. The molecule has 0 aliphatic rings. The Hall–Kier alpha value is -1.06. The fraction of sp³-hybridized carbons (Fsp3) is 0.417. The van der Waals surface area contributed by atoms with Gasteiger partial charge in [0.25, 0.3) is 0 Å². The fourth-order valence-electron chi connectivity index (χ4n) is 1.54. The van der Waals surface area contributed by atoms with Crippen molar-refractivity contribution < 1.29 is 4.79 Å². The number of aryl methyl sites for hydroxylation is 2. The molecule has 3 nitrogen and oxygen atoms in total. The van der Waals surface area contributed by atoms with Crippen molar-refractivity contribution in [3.05, 3.63) is 34.9 Å². The topological polar surface area (TPSA) is 55.1 Å². The number of carbonyl (C=O) groups is 1. The van der Waals surface area contributed by atoms with Crippen LogP contribution >= 0.6 is 12.4 Å². The third-order valence-corrected chi connectivity index (χ3v) is 2.40. The van der Waals surface area contributed by atoms with Crippen molar-refractivity contribution in [2.45, 2.75) is 20.3 Å². The summed E-state index contributed by atoms with van der Waals surface area (Å²) in [6.07, 6.45) is 0.859. The summed E-state index contributed by atoms with van der Waals surface area (Å²) in [6.45, 7) is 4.88. The van der Waals surface area contributed by atoms with Gasteiger partial charge in [0, 0.05) is 6.54 Å². The molecule has 1 amide bonds. The maximum Gasteiger partial charge on any atom is 0.233 e. The minimum atomic E-state index is -0.0974. The van der Waals surface area contributed by atoms with E-state index in [0.717, 1.165) is 6.42 Å². The van der Waals surface area contributed by atoms with Crippen LogP contribution in [0.2, 0.25) is 0 Å². The summed E-state index contributed by atoms with van der Waals surface area (Å²) in [5, 5.41) is 2.76. The first-order chi connectivity index (χ1) is 7.13. The number of nitrogens with two attached hydrogens (primary N) is 1. The van der Waals surface area contributed by atoms with Gasteiger partial charge in [0.05, 0.1) is 6.54 Å². The highest BCUT2D eigenvalue weighted by atomic mass is 35.5. The second kappa shape index (κ2) is 7.25. The zero-order valence-electron chi connectivity index (χ0n) is 9.75. The highest BCUT2D eigenvalue weighted by Crippen LogP contribution is 2.10. The molecule has 0 aromatic heterocycles. The van der Waals surface area contributed by atoms with E-state index >= 15 is 0 Å². The molecule has 0 atom stereocenters. The number of benzene rings is 1. The Morgan fingerprint density at radius 3 is 2.62 bits per heavy atom. The lowest BCUT2D eigenvalue weighted by Crippen LogP contribution is -2.31. The Balaban J connectivity index is 0.00000225. The Kier molecular flexibility index (Phi) is 6.77. The average molecular weight is 243 g/mol. The van der Waals surface area contributed by atoms with Crippen LogP contribution in [0.5, 0.6) is 0 Å². The summed E-state index contributed by atoms with van der Waals surface area (Å²) in [6, 6.07) is 6.35. The molecule has 0 fully saturated rings. The van der Waals surface area contributed by atoms with Crippen molar-refractivity contribution in [1.29, 1.82) is 0 Å². The summed E-state index contributed by atoms with van der Waals surface area (Å²) in [5.41, 5.74) is 9.01. The molecule has 1 rings (SSSR count). The molecule has 0 bridgehead atoms. The minimum absolute atomic E-state index is 0. The Bertz CT molecular complexity index is 353. The van der Waals surface area contributed by atoms with E-state index in [-0.39, 0.29) is 24.9 Å². The molecule has 16 heavy (non-hydrogen) atoms. The first-order valence-corrected chi connectivity index (χ1v) is 5.16. The maximum absolute atomic E-state index is 10.9. The highest BCUT2D eigenvalue weighted by molar-refractivity contribution is 5.85. The quantitative estimate of drug-likeness (QED) is 0.837. The predicted molar refractivity (Wildman–Crippen MR) is 68.9 cm³/mol. The zero-order valence-corrected chi connectivity index (χ0v) is 10.6. The van der Waals surface area contributed by atoms with Crippen LogP contribution in [0.1, 0.15) is 16.7 Å². The van der Waals surface area contributed by atoms with Crippen molar-refractivity contribution in [2.75, 3.05) is 13.1 Å². The van der Waals surface area contributed by atoms with E-state index in [2.05, 4.69) is 37.4 Å². The minimum Gasteiger partial charge on any atom is -0.355 e. The third kappa shape index (κ3) is 4.64. The smallest absolute Gasteiger partial charge is 0.233 e. The molecule has 0 unspecified atom stereocenters. The van der Waals surface area contributed by atoms with Crippen molar-refractivity contribution in [1.82, 2.24) is 5.32 Å². The van der Waals surface area contributed by atoms with Crippen LogP contribution in [0.25, 0.3) is 0 Å². The first-order valence-electron chi connectivity index (χ1n) is 5.16. The SMILES string of the molecule is Cc1ccc(CCNC(=O)CN)c(C)c1.Cl. The van der Waals surface area contributed by atoms with Crippen LogP contribution in [-0.2, 0) is 11.2 Å². The number of amides is 1. The van der Waals surface area contributed by atoms with Gasteiger partial charge in [-0.3, -0.25) is 4.79 Å². The molecule has 90 valence electrons. The second-order valence-electron chi connectivity index (χ2n) is 3.73. The molecule has 0 spiro atoms. The summed E-state index contributed by atoms with van der Waals surface area (Å²) in [5.74, 6) is -0.0974. The van der Waals surface area contributed by atoms with E-state index in [9.17, 15) is 4.79 Å². The molecule has 0 aliphatic carbocycles. The molecule has 1 aromatic carbocycles.